The Hall–Kier alpha value is -0.800. The van der Waals surface area contributed by atoms with Crippen molar-refractivity contribution in [2.45, 2.75) is 18.9 Å². The fourth-order valence-electron chi connectivity index (χ4n) is 1.34. The van der Waals surface area contributed by atoms with E-state index in [0.717, 1.165) is 18.7 Å². The normalized spacial score (nSPS) is 17.9. The van der Waals surface area contributed by atoms with Crippen LogP contribution in [0.1, 0.15) is 12.8 Å². The topological polar surface area (TPSA) is 45.1 Å². The van der Waals surface area contributed by atoms with Gasteiger partial charge in [-0.1, -0.05) is 11.6 Å². The molecule has 1 heterocycles. The number of aliphatic hydroxyl groups excluding tert-OH is 1. The Morgan fingerprint density at radius 1 is 1.57 bits per heavy atom. The number of rotatable bonds is 4. The summed E-state index contributed by atoms with van der Waals surface area (Å²) in [5, 5.41) is 13.3. The average Bonchev–Trinajstić information content (AvgIpc) is 3.00. The van der Waals surface area contributed by atoms with Gasteiger partial charge in [-0.05, 0) is 30.9 Å². The van der Waals surface area contributed by atoms with Crippen molar-refractivity contribution in [2.75, 3.05) is 11.9 Å². The second-order valence-electron chi connectivity index (χ2n) is 3.65. The van der Waals surface area contributed by atoms with E-state index in [-0.39, 0.29) is 6.10 Å². The lowest BCUT2D eigenvalue weighted by molar-refractivity contribution is 0.164. The second kappa shape index (κ2) is 4.15. The SMILES string of the molecule is OC(CNc1ccc(Cl)cn1)C1CC1. The van der Waals surface area contributed by atoms with Crippen LogP contribution in [0.2, 0.25) is 5.02 Å². The largest absolute Gasteiger partial charge is 0.391 e. The zero-order valence-corrected chi connectivity index (χ0v) is 8.54. The van der Waals surface area contributed by atoms with E-state index in [0.29, 0.717) is 17.5 Å². The number of aromatic nitrogens is 1. The summed E-state index contributed by atoms with van der Waals surface area (Å²) < 4.78 is 0. The van der Waals surface area contributed by atoms with E-state index >= 15 is 0 Å². The summed E-state index contributed by atoms with van der Waals surface area (Å²) in [4.78, 5) is 4.08. The average molecular weight is 213 g/mol. The summed E-state index contributed by atoms with van der Waals surface area (Å²) in [6.45, 7) is 0.569. The lowest BCUT2D eigenvalue weighted by Crippen LogP contribution is -2.21. The van der Waals surface area contributed by atoms with Crippen LogP contribution in [0.3, 0.4) is 0 Å². The van der Waals surface area contributed by atoms with Crippen molar-refractivity contribution in [1.29, 1.82) is 0 Å². The first-order valence-corrected chi connectivity index (χ1v) is 5.17. The van der Waals surface area contributed by atoms with Crippen molar-refractivity contribution in [3.8, 4) is 0 Å². The monoisotopic (exact) mass is 212 g/mol. The summed E-state index contributed by atoms with van der Waals surface area (Å²) in [5.74, 6) is 1.25. The molecule has 0 aliphatic heterocycles. The van der Waals surface area contributed by atoms with E-state index in [1.165, 1.54) is 0 Å². The molecule has 0 amide bonds. The molecule has 3 nitrogen and oxygen atoms in total. The van der Waals surface area contributed by atoms with Crippen LogP contribution in [0.15, 0.2) is 18.3 Å². The number of anilines is 1. The third-order valence-corrected chi connectivity index (χ3v) is 2.61. The van der Waals surface area contributed by atoms with Crippen LogP contribution in [-0.2, 0) is 0 Å². The molecule has 0 spiro atoms. The Morgan fingerprint density at radius 3 is 2.93 bits per heavy atom. The zero-order valence-electron chi connectivity index (χ0n) is 7.78. The number of nitrogens with one attached hydrogen (secondary N) is 1. The van der Waals surface area contributed by atoms with Gasteiger partial charge in [0.25, 0.3) is 0 Å². The quantitative estimate of drug-likeness (QED) is 0.802. The minimum atomic E-state index is -0.243. The van der Waals surface area contributed by atoms with Gasteiger partial charge in [0, 0.05) is 12.7 Å². The van der Waals surface area contributed by atoms with Gasteiger partial charge in [0.2, 0.25) is 0 Å². The summed E-state index contributed by atoms with van der Waals surface area (Å²) in [6, 6.07) is 3.59. The van der Waals surface area contributed by atoms with Gasteiger partial charge in [-0.15, -0.1) is 0 Å². The molecule has 2 N–H and O–H groups in total. The second-order valence-corrected chi connectivity index (χ2v) is 4.08. The molecule has 1 aromatic heterocycles. The highest BCUT2D eigenvalue weighted by Crippen LogP contribution is 2.32. The van der Waals surface area contributed by atoms with E-state index in [2.05, 4.69) is 10.3 Å². The maximum atomic E-state index is 9.59. The molecule has 0 aromatic carbocycles. The number of halogens is 1. The number of nitrogens with zero attached hydrogens (tertiary/aromatic N) is 1. The van der Waals surface area contributed by atoms with Gasteiger partial charge in [-0.3, -0.25) is 0 Å². The molecule has 1 unspecified atom stereocenters. The van der Waals surface area contributed by atoms with Gasteiger partial charge < -0.3 is 10.4 Å². The summed E-state index contributed by atoms with van der Waals surface area (Å²) in [6.07, 6.45) is 3.65. The van der Waals surface area contributed by atoms with Gasteiger partial charge >= 0.3 is 0 Å². The van der Waals surface area contributed by atoms with Crippen molar-refractivity contribution in [2.24, 2.45) is 5.92 Å². The van der Waals surface area contributed by atoms with E-state index in [1.807, 2.05) is 6.07 Å². The van der Waals surface area contributed by atoms with Crippen LogP contribution >= 0.6 is 11.6 Å². The van der Waals surface area contributed by atoms with E-state index in [4.69, 9.17) is 11.6 Å². The minimum absolute atomic E-state index is 0.243. The van der Waals surface area contributed by atoms with Gasteiger partial charge in [0.15, 0.2) is 0 Å². The Labute approximate surface area is 88.1 Å². The van der Waals surface area contributed by atoms with Gasteiger partial charge in [0.1, 0.15) is 5.82 Å². The Balaban J connectivity index is 1.82. The standard InChI is InChI=1S/C10H13ClN2O/c11-8-3-4-10(12-5-8)13-6-9(14)7-1-2-7/h3-5,7,9,14H,1-2,6H2,(H,12,13). The molecule has 76 valence electrons. The molecule has 0 bridgehead atoms. The van der Waals surface area contributed by atoms with Crippen molar-refractivity contribution < 1.29 is 5.11 Å². The predicted octanol–water partition coefficient (Wildman–Crippen LogP) is 1.92. The van der Waals surface area contributed by atoms with Gasteiger partial charge in [-0.2, -0.15) is 0 Å². The van der Waals surface area contributed by atoms with Gasteiger partial charge in [-0.25, -0.2) is 4.98 Å². The van der Waals surface area contributed by atoms with Crippen LogP contribution in [0.4, 0.5) is 5.82 Å². The van der Waals surface area contributed by atoms with Crippen LogP contribution < -0.4 is 5.32 Å². The number of aliphatic hydroxyl groups is 1. The third-order valence-electron chi connectivity index (χ3n) is 2.39. The molecule has 1 aliphatic carbocycles. The molecule has 1 atom stereocenters. The fraction of sp³-hybridized carbons (Fsp3) is 0.500. The molecule has 0 radical (unpaired) electrons. The van der Waals surface area contributed by atoms with Crippen molar-refractivity contribution in [1.82, 2.24) is 4.98 Å². The van der Waals surface area contributed by atoms with Crippen LogP contribution in [0, 0.1) is 5.92 Å². The highest BCUT2D eigenvalue weighted by atomic mass is 35.5. The summed E-state index contributed by atoms with van der Waals surface area (Å²) >= 11 is 5.70. The minimum Gasteiger partial charge on any atom is -0.391 e. The first-order chi connectivity index (χ1) is 6.75. The van der Waals surface area contributed by atoms with Crippen LogP contribution in [-0.4, -0.2) is 22.7 Å². The molecule has 1 aromatic rings. The number of hydrogen-bond donors (Lipinski definition) is 2. The van der Waals surface area contributed by atoms with E-state index in [1.54, 1.807) is 12.3 Å². The maximum absolute atomic E-state index is 9.59. The lowest BCUT2D eigenvalue weighted by Gasteiger charge is -2.10. The molecule has 14 heavy (non-hydrogen) atoms. The first kappa shape index (κ1) is 9.74. The smallest absolute Gasteiger partial charge is 0.126 e. The summed E-state index contributed by atoms with van der Waals surface area (Å²) in [7, 11) is 0. The van der Waals surface area contributed by atoms with Crippen molar-refractivity contribution in [3.05, 3.63) is 23.4 Å². The van der Waals surface area contributed by atoms with E-state index < -0.39 is 0 Å². The number of hydrogen-bond acceptors (Lipinski definition) is 3. The summed E-state index contributed by atoms with van der Waals surface area (Å²) in [5.41, 5.74) is 0. The molecular weight excluding hydrogens is 200 g/mol. The zero-order chi connectivity index (χ0) is 9.97. The molecule has 1 fully saturated rings. The maximum Gasteiger partial charge on any atom is 0.126 e. The Morgan fingerprint density at radius 2 is 2.36 bits per heavy atom. The molecular formula is C10H13ClN2O. The molecule has 1 aliphatic rings. The highest BCUT2D eigenvalue weighted by molar-refractivity contribution is 6.30. The van der Waals surface area contributed by atoms with Gasteiger partial charge in [0.05, 0.1) is 11.1 Å². The molecule has 4 heteroatoms. The fourth-order valence-corrected chi connectivity index (χ4v) is 1.45. The molecule has 0 saturated heterocycles. The Kier molecular flexibility index (Phi) is 2.89. The predicted molar refractivity (Wildman–Crippen MR) is 56.5 cm³/mol. The third kappa shape index (κ3) is 2.59. The lowest BCUT2D eigenvalue weighted by atomic mass is 10.2. The van der Waals surface area contributed by atoms with Crippen LogP contribution in [0.5, 0.6) is 0 Å². The van der Waals surface area contributed by atoms with Crippen molar-refractivity contribution >= 4 is 17.4 Å². The molecule has 1 saturated carbocycles. The van der Waals surface area contributed by atoms with E-state index in [9.17, 15) is 5.11 Å². The highest BCUT2D eigenvalue weighted by Gasteiger charge is 2.29. The molecule has 2 rings (SSSR count). The van der Waals surface area contributed by atoms with Crippen molar-refractivity contribution in [3.63, 3.8) is 0 Å². The number of pyridine rings is 1. The van der Waals surface area contributed by atoms with Crippen LogP contribution in [0.25, 0.3) is 0 Å². The first-order valence-electron chi connectivity index (χ1n) is 4.79. The Bertz CT molecular complexity index is 297.